The molecule has 0 radical (unpaired) electrons. The Morgan fingerprint density at radius 3 is 2.62 bits per heavy atom. The van der Waals surface area contributed by atoms with Gasteiger partial charge in [-0.1, -0.05) is 46.3 Å². The summed E-state index contributed by atoms with van der Waals surface area (Å²) in [5, 5.41) is 12.9. The number of aliphatic hydroxyl groups excluding tert-OH is 1. The second kappa shape index (κ2) is 7.11. The number of para-hydroxylation sites is 1. The van der Waals surface area contributed by atoms with Gasteiger partial charge in [-0.15, -0.1) is 0 Å². The van der Waals surface area contributed by atoms with Gasteiger partial charge in [-0.25, -0.2) is 4.98 Å². The van der Waals surface area contributed by atoms with E-state index in [-0.39, 0.29) is 12.5 Å². The van der Waals surface area contributed by atoms with Gasteiger partial charge < -0.3 is 10.4 Å². The van der Waals surface area contributed by atoms with E-state index in [0.717, 1.165) is 26.6 Å². The minimum Gasteiger partial charge on any atom is -0.392 e. The fourth-order valence-corrected chi connectivity index (χ4v) is 2.73. The summed E-state index contributed by atoms with van der Waals surface area (Å²) < 4.78 is 0.988. The molecule has 1 heterocycles. The number of nitrogens with one attached hydrogen (secondary N) is 1. The number of nitrogens with zero attached hydrogens (tertiary/aromatic N) is 1. The molecule has 5 heteroatoms. The van der Waals surface area contributed by atoms with E-state index in [2.05, 4.69) is 26.2 Å². The average molecular weight is 385 g/mol. The summed E-state index contributed by atoms with van der Waals surface area (Å²) in [5.41, 5.74) is 3.00. The van der Waals surface area contributed by atoms with Crippen LogP contribution < -0.4 is 5.32 Å². The highest BCUT2D eigenvalue weighted by atomic mass is 79.9. The van der Waals surface area contributed by atoms with Gasteiger partial charge in [0.05, 0.1) is 22.9 Å². The molecule has 1 unspecified atom stereocenters. The number of hydrogen-bond donors (Lipinski definition) is 2. The summed E-state index contributed by atoms with van der Waals surface area (Å²) in [6.45, 7) is 1.85. The fraction of sp³-hybridized carbons (Fsp3) is 0.158. The lowest BCUT2D eigenvalue weighted by Crippen LogP contribution is -2.30. The van der Waals surface area contributed by atoms with Gasteiger partial charge in [0.15, 0.2) is 0 Å². The van der Waals surface area contributed by atoms with E-state index in [1.165, 1.54) is 0 Å². The van der Waals surface area contributed by atoms with Crippen LogP contribution in [0.3, 0.4) is 0 Å². The SMILES string of the molecule is CC(O)CNC(=O)c1cc(-c2ccc(Br)cc2)nc2ccccc12. The van der Waals surface area contributed by atoms with Crippen molar-refractivity contribution in [2.24, 2.45) is 0 Å². The van der Waals surface area contributed by atoms with Crippen LogP contribution in [0, 0.1) is 0 Å². The molecule has 0 aliphatic heterocycles. The minimum absolute atomic E-state index is 0.211. The zero-order valence-electron chi connectivity index (χ0n) is 13.2. The monoisotopic (exact) mass is 384 g/mol. The molecule has 0 aliphatic rings. The van der Waals surface area contributed by atoms with Crippen molar-refractivity contribution in [3.63, 3.8) is 0 Å². The number of fused-ring (bicyclic) bond motifs is 1. The number of carbonyl (C=O) groups is 1. The number of carbonyl (C=O) groups excluding carboxylic acids is 1. The van der Waals surface area contributed by atoms with Gasteiger partial charge in [0.2, 0.25) is 0 Å². The number of amides is 1. The van der Waals surface area contributed by atoms with Crippen LogP contribution in [-0.4, -0.2) is 28.6 Å². The molecule has 4 nitrogen and oxygen atoms in total. The predicted octanol–water partition coefficient (Wildman–Crippen LogP) is 3.77. The molecule has 3 rings (SSSR count). The number of halogens is 1. The molecule has 0 saturated carbocycles. The predicted molar refractivity (Wildman–Crippen MR) is 98.9 cm³/mol. The van der Waals surface area contributed by atoms with Crippen molar-refractivity contribution in [3.05, 3.63) is 64.6 Å². The summed E-state index contributed by atoms with van der Waals surface area (Å²) in [6.07, 6.45) is -0.590. The second-order valence-corrected chi connectivity index (χ2v) is 6.55. The first-order chi connectivity index (χ1) is 11.5. The Morgan fingerprint density at radius 1 is 1.21 bits per heavy atom. The van der Waals surface area contributed by atoms with Crippen molar-refractivity contribution < 1.29 is 9.90 Å². The number of aromatic nitrogens is 1. The maximum atomic E-state index is 12.5. The van der Waals surface area contributed by atoms with Gasteiger partial charge in [-0.3, -0.25) is 4.79 Å². The Morgan fingerprint density at radius 2 is 1.92 bits per heavy atom. The molecule has 1 atom stereocenters. The standard InChI is InChI=1S/C19H17BrN2O2/c1-12(23)11-21-19(24)16-10-18(13-6-8-14(20)9-7-13)22-17-5-3-2-4-15(16)17/h2-10,12,23H,11H2,1H3,(H,21,24). The van der Waals surface area contributed by atoms with Crippen molar-refractivity contribution in [2.75, 3.05) is 6.54 Å². The Balaban J connectivity index is 2.09. The molecular formula is C19H17BrN2O2. The van der Waals surface area contributed by atoms with Gasteiger partial charge in [0, 0.05) is 22.0 Å². The molecule has 0 aliphatic carbocycles. The van der Waals surface area contributed by atoms with Crippen molar-refractivity contribution in [2.45, 2.75) is 13.0 Å². The summed E-state index contributed by atoms with van der Waals surface area (Å²) in [4.78, 5) is 17.2. The number of pyridine rings is 1. The molecular weight excluding hydrogens is 368 g/mol. The molecule has 2 aromatic carbocycles. The third-order valence-electron chi connectivity index (χ3n) is 3.66. The quantitative estimate of drug-likeness (QED) is 0.719. The lowest BCUT2D eigenvalue weighted by Gasteiger charge is -2.11. The van der Waals surface area contributed by atoms with Gasteiger partial charge in [-0.2, -0.15) is 0 Å². The summed E-state index contributed by atoms with van der Waals surface area (Å²) in [6, 6.07) is 17.2. The smallest absolute Gasteiger partial charge is 0.252 e. The highest BCUT2D eigenvalue weighted by Crippen LogP contribution is 2.26. The van der Waals surface area contributed by atoms with Crippen molar-refractivity contribution in [1.82, 2.24) is 10.3 Å². The minimum atomic E-state index is -0.590. The fourth-order valence-electron chi connectivity index (χ4n) is 2.47. The normalized spacial score (nSPS) is 12.1. The van der Waals surface area contributed by atoms with Gasteiger partial charge in [0.25, 0.3) is 5.91 Å². The highest BCUT2D eigenvalue weighted by molar-refractivity contribution is 9.10. The van der Waals surface area contributed by atoms with Crippen molar-refractivity contribution in [3.8, 4) is 11.3 Å². The van der Waals surface area contributed by atoms with Crippen LogP contribution in [0.1, 0.15) is 17.3 Å². The third kappa shape index (κ3) is 3.63. The van der Waals surface area contributed by atoms with Crippen LogP contribution in [0.5, 0.6) is 0 Å². The molecule has 1 amide bonds. The lowest BCUT2D eigenvalue weighted by molar-refractivity contribution is 0.0925. The molecule has 0 spiro atoms. The maximum Gasteiger partial charge on any atom is 0.252 e. The first kappa shape index (κ1) is 16.6. The van der Waals surface area contributed by atoms with Crippen LogP contribution in [0.15, 0.2) is 59.1 Å². The zero-order chi connectivity index (χ0) is 17.1. The molecule has 1 aromatic heterocycles. The summed E-state index contributed by atoms with van der Waals surface area (Å²) >= 11 is 3.42. The van der Waals surface area contributed by atoms with E-state index < -0.39 is 6.10 Å². The van der Waals surface area contributed by atoms with Crippen LogP contribution in [0.4, 0.5) is 0 Å². The lowest BCUT2D eigenvalue weighted by atomic mass is 10.0. The highest BCUT2D eigenvalue weighted by Gasteiger charge is 2.14. The number of hydrogen-bond acceptors (Lipinski definition) is 3. The topological polar surface area (TPSA) is 62.2 Å². The van der Waals surface area contributed by atoms with Crippen molar-refractivity contribution in [1.29, 1.82) is 0 Å². The molecule has 3 aromatic rings. The molecule has 0 saturated heterocycles. The van der Waals surface area contributed by atoms with Gasteiger partial charge in [-0.05, 0) is 31.2 Å². The Kier molecular flexibility index (Phi) is 4.92. The zero-order valence-corrected chi connectivity index (χ0v) is 14.7. The summed E-state index contributed by atoms with van der Waals surface area (Å²) in [5.74, 6) is -0.215. The Bertz CT molecular complexity index is 876. The van der Waals surface area contributed by atoms with E-state index in [9.17, 15) is 9.90 Å². The van der Waals surface area contributed by atoms with E-state index in [1.807, 2.05) is 48.5 Å². The summed E-state index contributed by atoms with van der Waals surface area (Å²) in [7, 11) is 0. The first-order valence-electron chi connectivity index (χ1n) is 7.66. The van der Waals surface area contributed by atoms with Crippen LogP contribution in [0.2, 0.25) is 0 Å². The maximum absolute atomic E-state index is 12.5. The molecule has 0 bridgehead atoms. The molecule has 24 heavy (non-hydrogen) atoms. The number of aliphatic hydroxyl groups is 1. The molecule has 2 N–H and O–H groups in total. The van der Waals surface area contributed by atoms with Crippen molar-refractivity contribution >= 4 is 32.7 Å². The Labute approximate surface area is 148 Å². The van der Waals surface area contributed by atoms with E-state index in [4.69, 9.17) is 0 Å². The average Bonchev–Trinajstić information content (AvgIpc) is 2.59. The third-order valence-corrected chi connectivity index (χ3v) is 4.19. The first-order valence-corrected chi connectivity index (χ1v) is 8.46. The van der Waals surface area contributed by atoms with E-state index in [0.29, 0.717) is 5.56 Å². The van der Waals surface area contributed by atoms with E-state index >= 15 is 0 Å². The number of benzene rings is 2. The molecule has 0 fully saturated rings. The number of rotatable bonds is 4. The van der Waals surface area contributed by atoms with Crippen LogP contribution >= 0.6 is 15.9 Å². The van der Waals surface area contributed by atoms with Gasteiger partial charge in [0.1, 0.15) is 0 Å². The van der Waals surface area contributed by atoms with Gasteiger partial charge >= 0.3 is 0 Å². The molecule has 122 valence electrons. The Hall–Kier alpha value is -2.24. The van der Waals surface area contributed by atoms with E-state index in [1.54, 1.807) is 13.0 Å². The largest absolute Gasteiger partial charge is 0.392 e. The van der Waals surface area contributed by atoms with Crippen LogP contribution in [0.25, 0.3) is 22.2 Å². The second-order valence-electron chi connectivity index (χ2n) is 5.64. The van der Waals surface area contributed by atoms with Crippen LogP contribution in [-0.2, 0) is 0 Å².